The summed E-state index contributed by atoms with van der Waals surface area (Å²) in [5.41, 5.74) is 11.4. The van der Waals surface area contributed by atoms with E-state index >= 15 is 0 Å². The highest BCUT2D eigenvalue weighted by molar-refractivity contribution is 5.64. The zero-order valence-electron chi connectivity index (χ0n) is 60.6. The lowest BCUT2D eigenvalue weighted by Gasteiger charge is -2.31. The third kappa shape index (κ3) is 16.2. The Morgan fingerprint density at radius 1 is 0.221 bits per heavy atom. The van der Waals surface area contributed by atoms with Gasteiger partial charge in [0.15, 0.2) is 46.0 Å². The Balaban J connectivity index is 0.990. The molecule has 9 aliphatic rings. The average Bonchev–Trinajstić information content (AvgIpc) is 0.750. The fraction of sp³-hybridized carbons (Fsp3) is 0.318. The molecule has 0 fully saturated rings. The molecule has 0 N–H and O–H groups in total. The molecular weight excluding hydrogens is 1310 g/mol. The van der Waals surface area contributed by atoms with Gasteiger partial charge in [0.2, 0.25) is 0 Å². The van der Waals surface area contributed by atoms with Gasteiger partial charge < -0.3 is 75.8 Å². The van der Waals surface area contributed by atoms with Crippen LogP contribution in [0.4, 0.5) is 0 Å². The number of para-hydroxylation sites is 8. The van der Waals surface area contributed by atoms with Gasteiger partial charge in [-0.3, -0.25) is 0 Å². The second-order valence-corrected chi connectivity index (χ2v) is 25.7. The molecule has 0 saturated carbocycles. The number of fused-ring (bicyclic) bond motifs is 2. The Kier molecular flexibility index (Phi) is 23.6. The Morgan fingerprint density at radius 3 is 0.567 bits per heavy atom. The van der Waals surface area contributed by atoms with E-state index in [1.807, 2.05) is 170 Å². The van der Waals surface area contributed by atoms with Crippen LogP contribution >= 0.6 is 0 Å². The van der Waals surface area contributed by atoms with Gasteiger partial charge in [0, 0.05) is 92.4 Å². The first kappa shape index (κ1) is 71.4. The van der Waals surface area contributed by atoms with Crippen LogP contribution in [0.1, 0.15) is 144 Å². The molecule has 10 aromatic rings. The van der Waals surface area contributed by atoms with E-state index < -0.39 is 0 Å². The molecule has 0 saturated heterocycles. The molecule has 19 rings (SSSR count). The normalized spacial score (nSPS) is 17.1. The van der Waals surface area contributed by atoms with Gasteiger partial charge in [-0.25, -0.2) is 0 Å². The van der Waals surface area contributed by atoms with E-state index in [1.165, 1.54) is 0 Å². The maximum Gasteiger partial charge on any atom is 0.161 e. The molecule has 104 heavy (non-hydrogen) atoms. The molecule has 4 atom stereocenters. The molecule has 16 heteroatoms. The van der Waals surface area contributed by atoms with Gasteiger partial charge in [-0.2, -0.15) is 0 Å². The summed E-state index contributed by atoms with van der Waals surface area (Å²) in [6, 6.07) is 64.4. The van der Waals surface area contributed by atoms with Crippen molar-refractivity contribution in [3.8, 4) is 92.0 Å². The number of benzene rings is 10. The Morgan fingerprint density at radius 2 is 0.394 bits per heavy atom. The quantitative estimate of drug-likeness (QED) is 0.142. The number of methoxy groups -OCH3 is 4. The summed E-state index contributed by atoms with van der Waals surface area (Å²) in [6.45, 7) is 11.6. The average molecular weight is 1410 g/mol. The van der Waals surface area contributed by atoms with E-state index in [0.29, 0.717) is 144 Å². The van der Waals surface area contributed by atoms with E-state index in [0.717, 1.165) is 66.8 Å². The summed E-state index contributed by atoms with van der Waals surface area (Å²) >= 11 is 0. The summed E-state index contributed by atoms with van der Waals surface area (Å²) in [6.07, 6.45) is 2.53. The predicted octanol–water partition coefficient (Wildman–Crippen LogP) is 19.0. The molecule has 14 bridgehead atoms. The van der Waals surface area contributed by atoms with Gasteiger partial charge in [0.05, 0.1) is 28.4 Å². The van der Waals surface area contributed by atoms with Gasteiger partial charge in [-0.15, -0.1) is 0 Å². The van der Waals surface area contributed by atoms with Gasteiger partial charge in [-0.05, 0) is 121 Å². The van der Waals surface area contributed by atoms with Crippen LogP contribution in [0.3, 0.4) is 0 Å². The number of hydrogen-bond acceptors (Lipinski definition) is 16. The second kappa shape index (κ2) is 34.3. The summed E-state index contributed by atoms with van der Waals surface area (Å²) in [7, 11) is 6.86. The zero-order chi connectivity index (χ0) is 71.7. The van der Waals surface area contributed by atoms with E-state index in [4.69, 9.17) is 75.8 Å². The minimum atomic E-state index is -0.332. The van der Waals surface area contributed by atoms with E-state index in [1.54, 1.807) is 28.4 Å². The molecule has 16 nitrogen and oxygen atoms in total. The Hall–Kier alpha value is -11.0. The largest absolute Gasteiger partial charge is 0.496 e. The molecule has 1 aliphatic carbocycles. The van der Waals surface area contributed by atoms with E-state index in [2.05, 4.69) is 52.0 Å². The molecule has 0 radical (unpaired) electrons. The van der Waals surface area contributed by atoms with Crippen molar-refractivity contribution in [2.75, 3.05) is 81.3 Å². The Bertz CT molecular complexity index is 4120. The molecule has 8 aliphatic heterocycles. The van der Waals surface area contributed by atoms with Crippen molar-refractivity contribution < 1.29 is 75.8 Å². The van der Waals surface area contributed by atoms with Crippen LogP contribution < -0.4 is 75.8 Å². The first-order valence-corrected chi connectivity index (χ1v) is 36.1. The second-order valence-electron chi connectivity index (χ2n) is 25.7. The Labute approximate surface area is 610 Å². The lowest BCUT2D eigenvalue weighted by atomic mass is 9.77. The minimum Gasteiger partial charge on any atom is -0.496 e. The highest BCUT2D eigenvalue weighted by Gasteiger charge is 2.34. The van der Waals surface area contributed by atoms with Crippen LogP contribution in [0.25, 0.3) is 0 Å². The highest BCUT2D eigenvalue weighted by Crippen LogP contribution is 2.53. The van der Waals surface area contributed by atoms with Crippen LogP contribution in [-0.2, 0) is 26.4 Å². The maximum atomic E-state index is 7.07. The predicted molar refractivity (Wildman–Crippen MR) is 400 cm³/mol. The van der Waals surface area contributed by atoms with Crippen molar-refractivity contribution in [3.05, 3.63) is 261 Å². The van der Waals surface area contributed by atoms with Crippen molar-refractivity contribution in [1.29, 1.82) is 0 Å². The summed E-state index contributed by atoms with van der Waals surface area (Å²) in [5.74, 6) is 8.54. The van der Waals surface area contributed by atoms with Gasteiger partial charge in [0.1, 0.15) is 125 Å². The van der Waals surface area contributed by atoms with Crippen LogP contribution in [-0.4, -0.2) is 81.3 Å². The molecule has 0 amide bonds. The number of ether oxygens (including phenoxy) is 16. The number of hydrogen-bond donors (Lipinski definition) is 0. The van der Waals surface area contributed by atoms with E-state index in [-0.39, 0.29) is 76.5 Å². The number of rotatable bonds is 8. The van der Waals surface area contributed by atoms with Crippen molar-refractivity contribution in [3.63, 3.8) is 0 Å². The fourth-order valence-electron chi connectivity index (χ4n) is 14.3. The van der Waals surface area contributed by atoms with Crippen LogP contribution in [0.2, 0.25) is 0 Å². The summed E-state index contributed by atoms with van der Waals surface area (Å²) in [5, 5.41) is 0. The van der Waals surface area contributed by atoms with Gasteiger partial charge >= 0.3 is 0 Å². The standard InChI is InChI=1S/C88H92O16/c1-9-61-65-45-71-64(12-4)68-48-70-62(10-2)66-46-72(88(50-82(66)90-6)100-44-40-96-76-24-16-20-28-80(76)104-56-60-35-31-58(32-36-60)54-102-78-26-18-14-22-74(78)94-38-42-98-86(70)52-84(68)92-8)63(11-3)67-47-69(61)85(51-83(67)91-7)97-41-37-93-73-21-13-17-25-77(73)101-53-57-29-33-59(34-30-57)55-103-79-27-19-15-23-75(79)95-39-43-99-87(71)49-81(65)89-5/h13-36,45-52,61-64H,9-12,37-44,53-56H2,1-8H3. The minimum absolute atomic E-state index is 0.183. The first-order chi connectivity index (χ1) is 51.2. The monoisotopic (exact) mass is 1400 g/mol. The third-order valence-electron chi connectivity index (χ3n) is 19.5. The first-order valence-electron chi connectivity index (χ1n) is 36.1. The molecular formula is C88H92O16. The van der Waals surface area contributed by atoms with Crippen molar-refractivity contribution in [1.82, 2.24) is 0 Å². The molecule has 0 spiro atoms. The van der Waals surface area contributed by atoms with Crippen LogP contribution in [0, 0.1) is 0 Å². The summed E-state index contributed by atoms with van der Waals surface area (Å²) < 4.78 is 107. The van der Waals surface area contributed by atoms with Gasteiger partial charge in [0.25, 0.3) is 0 Å². The molecule has 0 aromatic heterocycles. The van der Waals surface area contributed by atoms with Crippen molar-refractivity contribution in [2.24, 2.45) is 0 Å². The third-order valence-corrected chi connectivity index (χ3v) is 19.5. The maximum absolute atomic E-state index is 7.07. The lowest BCUT2D eigenvalue weighted by molar-refractivity contribution is 0.203. The topological polar surface area (TPSA) is 148 Å². The molecule has 4 unspecified atom stereocenters. The van der Waals surface area contributed by atoms with Crippen LogP contribution in [0.15, 0.2) is 194 Å². The lowest BCUT2D eigenvalue weighted by Crippen LogP contribution is -2.17. The highest BCUT2D eigenvalue weighted by atomic mass is 16.6. The van der Waals surface area contributed by atoms with Gasteiger partial charge in [-0.1, -0.05) is 125 Å². The van der Waals surface area contributed by atoms with Crippen molar-refractivity contribution >= 4 is 0 Å². The molecule has 540 valence electrons. The SMILES string of the molecule is CCC1c2cc3c(cc2OC)OCCOc2ccccc2OCc2ccc(cc2)COc2ccccc2OCCOc2cc(OC)c(cc21)C(CC)c1cc2c(OC)cc1OCCOc1ccccc1OCc1ccc(cc1)COc1ccccc1OCCOc1cc(OC)c(cc1C2CC)C3CC. The smallest absolute Gasteiger partial charge is 0.161 e. The summed E-state index contributed by atoms with van der Waals surface area (Å²) in [4.78, 5) is 0. The zero-order valence-corrected chi connectivity index (χ0v) is 60.6. The fourth-order valence-corrected chi connectivity index (χ4v) is 14.3. The van der Waals surface area contributed by atoms with Crippen molar-refractivity contribution in [2.45, 2.75) is 103 Å². The van der Waals surface area contributed by atoms with E-state index in [9.17, 15) is 0 Å². The van der Waals surface area contributed by atoms with Crippen LogP contribution in [0.5, 0.6) is 92.0 Å². The molecule has 10 aromatic carbocycles. The molecule has 8 heterocycles.